The molecule has 12 heteroatoms. The van der Waals surface area contributed by atoms with Crippen molar-refractivity contribution in [2.75, 3.05) is 26.2 Å². The summed E-state index contributed by atoms with van der Waals surface area (Å²) in [6.45, 7) is 3.69. The normalized spacial score (nSPS) is 17.9. The topological polar surface area (TPSA) is 95.7 Å². The van der Waals surface area contributed by atoms with Crippen LogP contribution >= 0.6 is 0 Å². The van der Waals surface area contributed by atoms with Gasteiger partial charge < -0.3 is 14.6 Å². The van der Waals surface area contributed by atoms with Crippen LogP contribution in [-0.4, -0.2) is 70.5 Å². The van der Waals surface area contributed by atoms with Crippen molar-refractivity contribution < 1.29 is 31.5 Å². The van der Waals surface area contributed by atoms with E-state index in [-0.39, 0.29) is 37.0 Å². The van der Waals surface area contributed by atoms with Crippen LogP contribution in [0.4, 0.5) is 13.2 Å². The maximum atomic E-state index is 13.7. The molecule has 1 aliphatic heterocycles. The second-order valence-corrected chi connectivity index (χ2v) is 10.3. The average Bonchev–Trinajstić information content (AvgIpc) is 3.19. The number of carbonyl (C=O) groups is 1. The molecule has 3 rings (SSSR count). The Labute approximate surface area is 190 Å². The first-order valence-electron chi connectivity index (χ1n) is 10.4. The van der Waals surface area contributed by atoms with Crippen molar-refractivity contribution >= 4 is 15.9 Å². The van der Waals surface area contributed by atoms with Gasteiger partial charge in [-0.1, -0.05) is 26.0 Å². The number of piperazine rings is 1. The van der Waals surface area contributed by atoms with Crippen molar-refractivity contribution in [3.8, 4) is 0 Å². The number of hydrogen-bond acceptors (Lipinski definition) is 5. The molecule has 0 spiro atoms. The summed E-state index contributed by atoms with van der Waals surface area (Å²) in [5.74, 6) is -1.37. The zero-order chi connectivity index (χ0) is 24.6. The maximum Gasteiger partial charge on any atom is 0.425 e. The summed E-state index contributed by atoms with van der Waals surface area (Å²) in [5, 5.41) is 10.4. The Bertz CT molecular complexity index is 1090. The zero-order valence-corrected chi connectivity index (χ0v) is 19.4. The highest BCUT2D eigenvalue weighted by Crippen LogP contribution is 2.41. The second-order valence-electron chi connectivity index (χ2n) is 8.41. The first kappa shape index (κ1) is 25.2. The third-order valence-electron chi connectivity index (χ3n) is 5.84. The molecule has 1 aromatic heterocycles. The summed E-state index contributed by atoms with van der Waals surface area (Å²) >= 11 is 0. The van der Waals surface area contributed by atoms with Crippen LogP contribution in [0.3, 0.4) is 0 Å². The Morgan fingerprint density at radius 2 is 1.70 bits per heavy atom. The number of amides is 1. The minimum atomic E-state index is -5.13. The van der Waals surface area contributed by atoms with Gasteiger partial charge in [-0.2, -0.15) is 17.5 Å². The van der Waals surface area contributed by atoms with Crippen LogP contribution in [0.2, 0.25) is 0 Å². The van der Waals surface area contributed by atoms with Gasteiger partial charge in [-0.3, -0.25) is 4.79 Å². The number of aryl methyl sites for hydroxylation is 1. The molecular weight excluding hydrogens is 461 g/mol. The average molecular weight is 489 g/mol. The van der Waals surface area contributed by atoms with Crippen LogP contribution in [0.25, 0.3) is 0 Å². The van der Waals surface area contributed by atoms with Gasteiger partial charge in [-0.15, -0.1) is 0 Å². The Hall–Kier alpha value is -2.44. The third-order valence-corrected chi connectivity index (χ3v) is 7.76. The molecule has 0 radical (unpaired) electrons. The lowest BCUT2D eigenvalue weighted by atomic mass is 9.96. The number of rotatable bonds is 6. The quantitative estimate of drug-likeness (QED) is 0.673. The summed E-state index contributed by atoms with van der Waals surface area (Å²) < 4.78 is 69.1. The van der Waals surface area contributed by atoms with Crippen LogP contribution < -0.4 is 0 Å². The molecule has 1 saturated heterocycles. The number of sulfonamides is 1. The van der Waals surface area contributed by atoms with Crippen molar-refractivity contribution in [3.05, 3.63) is 48.0 Å². The van der Waals surface area contributed by atoms with E-state index in [4.69, 9.17) is 0 Å². The SMILES string of the molecule is CC(C)c1ccc(S(=O)(=O)N2CCN(C(=O)CC(O)(c3nccn3C)C(F)(F)F)CC2)cc1. The zero-order valence-electron chi connectivity index (χ0n) is 18.6. The molecule has 8 nitrogen and oxygen atoms in total. The lowest BCUT2D eigenvalue weighted by molar-refractivity contribution is -0.272. The molecule has 0 bridgehead atoms. The van der Waals surface area contributed by atoms with Crippen LogP contribution in [0.1, 0.15) is 37.6 Å². The highest BCUT2D eigenvalue weighted by atomic mass is 32.2. The fourth-order valence-electron chi connectivity index (χ4n) is 3.75. The lowest BCUT2D eigenvalue weighted by Crippen LogP contribution is -2.53. The molecule has 2 heterocycles. The molecule has 0 saturated carbocycles. The molecule has 1 aliphatic rings. The van der Waals surface area contributed by atoms with E-state index in [2.05, 4.69) is 4.98 Å². The fourth-order valence-corrected chi connectivity index (χ4v) is 5.17. The number of alkyl halides is 3. The molecule has 0 aliphatic carbocycles. The predicted octanol–water partition coefficient (Wildman–Crippen LogP) is 2.22. The lowest BCUT2D eigenvalue weighted by Gasteiger charge is -2.36. The highest BCUT2D eigenvalue weighted by molar-refractivity contribution is 7.89. The summed E-state index contributed by atoms with van der Waals surface area (Å²) in [6, 6.07) is 6.54. The van der Waals surface area contributed by atoms with E-state index in [9.17, 15) is 31.5 Å². The molecule has 2 aromatic rings. The largest absolute Gasteiger partial charge is 0.425 e. The summed E-state index contributed by atoms with van der Waals surface area (Å²) in [6.07, 6.45) is -4.03. The monoisotopic (exact) mass is 488 g/mol. The number of benzene rings is 1. The van der Waals surface area contributed by atoms with Crippen molar-refractivity contribution in [1.29, 1.82) is 0 Å². The molecule has 33 heavy (non-hydrogen) atoms. The van der Waals surface area contributed by atoms with Gasteiger partial charge in [0.05, 0.1) is 11.3 Å². The van der Waals surface area contributed by atoms with Gasteiger partial charge >= 0.3 is 6.18 Å². The van der Waals surface area contributed by atoms with Crippen molar-refractivity contribution in [2.45, 2.75) is 42.9 Å². The third kappa shape index (κ3) is 4.92. The van der Waals surface area contributed by atoms with E-state index in [1.807, 2.05) is 13.8 Å². The fraction of sp³-hybridized carbons (Fsp3) is 0.524. The van der Waals surface area contributed by atoms with Gasteiger partial charge in [-0.05, 0) is 23.6 Å². The number of hydrogen-bond donors (Lipinski definition) is 1. The van der Waals surface area contributed by atoms with E-state index < -0.39 is 40.0 Å². The van der Waals surface area contributed by atoms with Crippen LogP contribution in [-0.2, 0) is 27.5 Å². The first-order valence-corrected chi connectivity index (χ1v) is 11.9. The van der Waals surface area contributed by atoms with Gasteiger partial charge in [-0.25, -0.2) is 13.4 Å². The number of nitrogens with zero attached hydrogens (tertiary/aromatic N) is 4. The van der Waals surface area contributed by atoms with Crippen molar-refractivity contribution in [3.63, 3.8) is 0 Å². The molecule has 1 unspecified atom stereocenters. The molecule has 1 amide bonds. The number of carbonyl (C=O) groups excluding carboxylic acids is 1. The van der Waals surface area contributed by atoms with Gasteiger partial charge in [0.25, 0.3) is 0 Å². The number of halogens is 3. The van der Waals surface area contributed by atoms with E-state index in [1.165, 1.54) is 29.7 Å². The molecular formula is C21H27F3N4O4S. The Kier molecular flexibility index (Phi) is 6.92. The minimum absolute atomic E-state index is 0.0626. The number of aliphatic hydroxyl groups is 1. The van der Waals surface area contributed by atoms with Gasteiger partial charge in [0.1, 0.15) is 0 Å². The molecule has 1 atom stereocenters. The molecule has 1 aromatic carbocycles. The van der Waals surface area contributed by atoms with E-state index in [0.717, 1.165) is 21.2 Å². The van der Waals surface area contributed by atoms with Crippen molar-refractivity contribution in [2.24, 2.45) is 7.05 Å². The standard InChI is InChI=1S/C21H27F3N4O4S/c1-15(2)16-4-6-17(7-5-16)33(31,32)28-12-10-27(11-13-28)18(29)14-20(30,21(22,23)24)19-25-8-9-26(19)3/h4-9,15,30H,10-14H2,1-3H3. The van der Waals surface area contributed by atoms with E-state index in [1.54, 1.807) is 12.1 Å². The van der Waals surface area contributed by atoms with Gasteiger partial charge in [0.2, 0.25) is 21.5 Å². The Morgan fingerprint density at radius 3 is 2.15 bits per heavy atom. The number of imidazole rings is 1. The van der Waals surface area contributed by atoms with Crippen LogP contribution in [0, 0.1) is 0 Å². The van der Waals surface area contributed by atoms with Gasteiger partial charge in [0.15, 0.2) is 5.82 Å². The smallest absolute Gasteiger partial charge is 0.374 e. The Balaban J connectivity index is 1.70. The number of aromatic nitrogens is 2. The van der Waals surface area contributed by atoms with E-state index >= 15 is 0 Å². The van der Waals surface area contributed by atoms with Gasteiger partial charge in [0, 0.05) is 45.6 Å². The predicted molar refractivity (Wildman–Crippen MR) is 114 cm³/mol. The summed E-state index contributed by atoms with van der Waals surface area (Å²) in [4.78, 5) is 17.5. The molecule has 1 N–H and O–H groups in total. The minimum Gasteiger partial charge on any atom is -0.374 e. The second kappa shape index (κ2) is 9.07. The van der Waals surface area contributed by atoms with E-state index in [0.29, 0.717) is 0 Å². The summed E-state index contributed by atoms with van der Waals surface area (Å²) in [5.41, 5.74) is -2.46. The molecule has 1 fully saturated rings. The van der Waals surface area contributed by atoms with Crippen LogP contribution in [0.15, 0.2) is 41.6 Å². The highest BCUT2D eigenvalue weighted by Gasteiger charge is 2.59. The maximum absolute atomic E-state index is 13.7. The first-order chi connectivity index (χ1) is 15.3. The Morgan fingerprint density at radius 1 is 1.12 bits per heavy atom. The molecule has 182 valence electrons. The van der Waals surface area contributed by atoms with Crippen LogP contribution in [0.5, 0.6) is 0 Å². The summed E-state index contributed by atoms with van der Waals surface area (Å²) in [7, 11) is -2.51. The van der Waals surface area contributed by atoms with Crippen molar-refractivity contribution in [1.82, 2.24) is 18.8 Å².